The van der Waals surface area contributed by atoms with E-state index in [0.29, 0.717) is 0 Å². The first-order valence-corrected chi connectivity index (χ1v) is 7.44. The number of hydrogen-bond acceptors (Lipinski definition) is 3. The molecular weight excluding hydrogens is 250 g/mol. The molecule has 1 heterocycles. The third-order valence-electron chi connectivity index (χ3n) is 4.53. The number of nitrogens with two attached hydrogens (primary N) is 1. The van der Waals surface area contributed by atoms with Crippen LogP contribution in [0.1, 0.15) is 24.0 Å². The van der Waals surface area contributed by atoms with E-state index in [1.807, 2.05) is 4.90 Å². The normalized spacial score (nSPS) is 21.8. The van der Waals surface area contributed by atoms with Gasteiger partial charge in [-0.3, -0.25) is 9.69 Å². The molecular formula is C16H23N3O. The molecule has 0 bridgehead atoms. The Hall–Kier alpha value is -1.39. The fourth-order valence-corrected chi connectivity index (χ4v) is 2.80. The van der Waals surface area contributed by atoms with Crippen LogP contribution in [0, 0.1) is 6.92 Å². The van der Waals surface area contributed by atoms with E-state index in [4.69, 9.17) is 5.73 Å². The number of carbonyl (C=O) groups is 1. The minimum Gasteiger partial charge on any atom is -0.339 e. The van der Waals surface area contributed by atoms with E-state index < -0.39 is 5.54 Å². The number of aryl methyl sites for hydroxylation is 1. The summed E-state index contributed by atoms with van der Waals surface area (Å²) in [5, 5.41) is 0. The summed E-state index contributed by atoms with van der Waals surface area (Å²) >= 11 is 0. The Morgan fingerprint density at radius 3 is 2.45 bits per heavy atom. The molecule has 1 amide bonds. The number of benzene rings is 1. The molecule has 3 rings (SSSR count). The number of rotatable bonds is 3. The molecule has 1 saturated carbocycles. The molecule has 0 atom stereocenters. The first kappa shape index (κ1) is 13.6. The maximum atomic E-state index is 12.2. The van der Waals surface area contributed by atoms with Gasteiger partial charge in [-0.25, -0.2) is 0 Å². The Labute approximate surface area is 120 Å². The van der Waals surface area contributed by atoms with Gasteiger partial charge in [0.05, 0.1) is 5.54 Å². The second kappa shape index (κ2) is 5.19. The highest BCUT2D eigenvalue weighted by Gasteiger charge is 2.48. The number of nitrogens with zero attached hydrogens (tertiary/aromatic N) is 2. The van der Waals surface area contributed by atoms with Crippen molar-refractivity contribution in [2.75, 3.05) is 26.2 Å². The second-order valence-corrected chi connectivity index (χ2v) is 6.15. The molecule has 2 fully saturated rings. The van der Waals surface area contributed by atoms with Crippen molar-refractivity contribution in [3.63, 3.8) is 0 Å². The Bertz CT molecular complexity index is 502. The first-order chi connectivity index (χ1) is 9.58. The topological polar surface area (TPSA) is 49.6 Å². The van der Waals surface area contributed by atoms with Crippen LogP contribution in [0.4, 0.5) is 0 Å². The van der Waals surface area contributed by atoms with Crippen molar-refractivity contribution in [1.82, 2.24) is 9.80 Å². The van der Waals surface area contributed by atoms with Crippen molar-refractivity contribution in [2.24, 2.45) is 5.73 Å². The molecule has 1 aromatic rings. The zero-order chi connectivity index (χ0) is 14.2. The Balaban J connectivity index is 1.54. The van der Waals surface area contributed by atoms with Crippen molar-refractivity contribution in [2.45, 2.75) is 31.8 Å². The number of amides is 1. The van der Waals surface area contributed by atoms with Crippen LogP contribution in [0.2, 0.25) is 0 Å². The van der Waals surface area contributed by atoms with Crippen LogP contribution in [0.25, 0.3) is 0 Å². The summed E-state index contributed by atoms with van der Waals surface area (Å²) in [4.78, 5) is 16.5. The Morgan fingerprint density at radius 1 is 1.20 bits per heavy atom. The number of hydrogen-bond donors (Lipinski definition) is 1. The van der Waals surface area contributed by atoms with Crippen LogP contribution in [0.15, 0.2) is 24.3 Å². The van der Waals surface area contributed by atoms with E-state index in [1.54, 1.807) is 0 Å². The third-order valence-corrected chi connectivity index (χ3v) is 4.53. The summed E-state index contributed by atoms with van der Waals surface area (Å²) < 4.78 is 0. The van der Waals surface area contributed by atoms with E-state index in [1.165, 1.54) is 11.1 Å². The molecule has 1 aromatic carbocycles. The standard InChI is InChI=1S/C16H23N3O/c1-13-4-2-3-5-14(13)12-18-8-10-19(11-9-18)15(20)16(17)6-7-16/h2-5H,6-12,17H2,1H3. The molecule has 108 valence electrons. The zero-order valence-electron chi connectivity index (χ0n) is 12.1. The summed E-state index contributed by atoms with van der Waals surface area (Å²) in [5.41, 5.74) is 8.20. The summed E-state index contributed by atoms with van der Waals surface area (Å²) in [6.07, 6.45) is 1.71. The minimum atomic E-state index is -0.516. The Kier molecular flexibility index (Phi) is 3.52. The lowest BCUT2D eigenvalue weighted by Crippen LogP contribution is -2.53. The Morgan fingerprint density at radius 2 is 1.85 bits per heavy atom. The summed E-state index contributed by atoms with van der Waals surface area (Å²) in [5.74, 6) is 0.160. The maximum Gasteiger partial charge on any atom is 0.242 e. The van der Waals surface area contributed by atoms with E-state index >= 15 is 0 Å². The lowest BCUT2D eigenvalue weighted by Gasteiger charge is -2.36. The summed E-state index contributed by atoms with van der Waals surface area (Å²) in [6.45, 7) is 6.63. The molecule has 20 heavy (non-hydrogen) atoms. The van der Waals surface area contributed by atoms with E-state index in [-0.39, 0.29) is 5.91 Å². The molecule has 4 nitrogen and oxygen atoms in total. The quantitative estimate of drug-likeness (QED) is 0.898. The predicted molar refractivity (Wildman–Crippen MR) is 79.2 cm³/mol. The molecule has 0 spiro atoms. The molecule has 1 aliphatic heterocycles. The van der Waals surface area contributed by atoms with Crippen LogP contribution < -0.4 is 5.73 Å². The van der Waals surface area contributed by atoms with Gasteiger partial charge in [-0.1, -0.05) is 24.3 Å². The van der Waals surface area contributed by atoms with Crippen LogP contribution in [0.3, 0.4) is 0 Å². The summed E-state index contributed by atoms with van der Waals surface area (Å²) in [7, 11) is 0. The smallest absolute Gasteiger partial charge is 0.242 e. The third kappa shape index (κ3) is 2.72. The largest absolute Gasteiger partial charge is 0.339 e. The van der Waals surface area contributed by atoms with Crippen molar-refractivity contribution in [3.05, 3.63) is 35.4 Å². The molecule has 1 aliphatic carbocycles. The van der Waals surface area contributed by atoms with Crippen molar-refractivity contribution in [1.29, 1.82) is 0 Å². The van der Waals surface area contributed by atoms with Gasteiger partial charge >= 0.3 is 0 Å². The van der Waals surface area contributed by atoms with E-state index in [0.717, 1.165) is 45.6 Å². The number of carbonyl (C=O) groups excluding carboxylic acids is 1. The number of piperazine rings is 1. The van der Waals surface area contributed by atoms with Gasteiger partial charge in [-0.15, -0.1) is 0 Å². The average molecular weight is 273 g/mol. The van der Waals surface area contributed by atoms with Gasteiger partial charge in [0, 0.05) is 32.7 Å². The van der Waals surface area contributed by atoms with Crippen LogP contribution in [-0.4, -0.2) is 47.4 Å². The lowest BCUT2D eigenvalue weighted by atomic mass is 10.1. The molecule has 2 aliphatic rings. The molecule has 0 aromatic heterocycles. The lowest BCUT2D eigenvalue weighted by molar-refractivity contribution is -0.135. The van der Waals surface area contributed by atoms with Gasteiger partial charge in [0.1, 0.15) is 0 Å². The molecule has 0 radical (unpaired) electrons. The highest BCUT2D eigenvalue weighted by molar-refractivity contribution is 5.89. The molecule has 2 N–H and O–H groups in total. The van der Waals surface area contributed by atoms with E-state index in [2.05, 4.69) is 36.1 Å². The fourth-order valence-electron chi connectivity index (χ4n) is 2.80. The molecule has 0 unspecified atom stereocenters. The van der Waals surface area contributed by atoms with Crippen molar-refractivity contribution in [3.8, 4) is 0 Å². The second-order valence-electron chi connectivity index (χ2n) is 6.15. The van der Waals surface area contributed by atoms with Gasteiger partial charge < -0.3 is 10.6 Å². The highest BCUT2D eigenvalue weighted by Crippen LogP contribution is 2.34. The van der Waals surface area contributed by atoms with Gasteiger partial charge in [0.2, 0.25) is 5.91 Å². The monoisotopic (exact) mass is 273 g/mol. The van der Waals surface area contributed by atoms with Crippen LogP contribution in [0.5, 0.6) is 0 Å². The fraction of sp³-hybridized carbons (Fsp3) is 0.562. The molecule has 1 saturated heterocycles. The minimum absolute atomic E-state index is 0.160. The predicted octanol–water partition coefficient (Wildman–Crippen LogP) is 1.13. The zero-order valence-corrected chi connectivity index (χ0v) is 12.1. The van der Waals surface area contributed by atoms with E-state index in [9.17, 15) is 4.79 Å². The van der Waals surface area contributed by atoms with Crippen molar-refractivity contribution >= 4 is 5.91 Å². The van der Waals surface area contributed by atoms with Gasteiger partial charge in [-0.05, 0) is 30.9 Å². The van der Waals surface area contributed by atoms with Gasteiger partial charge in [0.15, 0.2) is 0 Å². The average Bonchev–Trinajstić information content (AvgIpc) is 3.21. The maximum absolute atomic E-state index is 12.2. The van der Waals surface area contributed by atoms with Gasteiger partial charge in [-0.2, -0.15) is 0 Å². The van der Waals surface area contributed by atoms with Crippen LogP contribution >= 0.6 is 0 Å². The van der Waals surface area contributed by atoms with Crippen molar-refractivity contribution < 1.29 is 4.79 Å². The van der Waals surface area contributed by atoms with Gasteiger partial charge in [0.25, 0.3) is 0 Å². The summed E-state index contributed by atoms with van der Waals surface area (Å²) in [6, 6.07) is 8.51. The highest BCUT2D eigenvalue weighted by atomic mass is 16.2. The van der Waals surface area contributed by atoms with Crippen LogP contribution in [-0.2, 0) is 11.3 Å². The SMILES string of the molecule is Cc1ccccc1CN1CCN(C(=O)C2(N)CC2)CC1. The molecule has 4 heteroatoms. The first-order valence-electron chi connectivity index (χ1n) is 7.44.